The van der Waals surface area contributed by atoms with Crippen molar-refractivity contribution in [3.05, 3.63) is 10.8 Å². The Morgan fingerprint density at radius 2 is 2.17 bits per heavy atom. The average molecular weight is 315 g/mol. The molecule has 1 saturated heterocycles. The minimum atomic E-state index is 0.611. The van der Waals surface area contributed by atoms with Crippen LogP contribution in [0, 0.1) is 0 Å². The standard InChI is InChI=1S/C12H19BrN4O/c1-2-14-11-10(13)12(16-9-15-11)18-8-7-17-5-3-4-6-17/h9H,2-8H2,1H3,(H,14,15,16). The molecule has 0 amide bonds. The Kier molecular flexibility index (Phi) is 5.19. The lowest BCUT2D eigenvalue weighted by Gasteiger charge is -2.15. The Bertz CT molecular complexity index is 382. The molecule has 1 aliphatic heterocycles. The van der Waals surface area contributed by atoms with Gasteiger partial charge in [0, 0.05) is 13.1 Å². The predicted octanol–water partition coefficient (Wildman–Crippen LogP) is 2.15. The Morgan fingerprint density at radius 1 is 1.39 bits per heavy atom. The van der Waals surface area contributed by atoms with Crippen LogP contribution in [0.1, 0.15) is 19.8 Å². The van der Waals surface area contributed by atoms with E-state index in [0.717, 1.165) is 23.4 Å². The fourth-order valence-corrected chi connectivity index (χ4v) is 2.48. The molecule has 0 bridgehead atoms. The van der Waals surface area contributed by atoms with E-state index in [1.54, 1.807) is 0 Å². The first-order valence-electron chi connectivity index (χ1n) is 6.40. The van der Waals surface area contributed by atoms with Crippen LogP contribution >= 0.6 is 15.9 Å². The molecule has 1 aromatic heterocycles. The van der Waals surface area contributed by atoms with Gasteiger partial charge >= 0.3 is 0 Å². The summed E-state index contributed by atoms with van der Waals surface area (Å²) in [5.74, 6) is 1.39. The quantitative estimate of drug-likeness (QED) is 0.872. The van der Waals surface area contributed by atoms with Crippen LogP contribution in [0.25, 0.3) is 0 Å². The number of aromatic nitrogens is 2. The van der Waals surface area contributed by atoms with Crippen LogP contribution in [0.3, 0.4) is 0 Å². The van der Waals surface area contributed by atoms with Crippen molar-refractivity contribution in [2.45, 2.75) is 19.8 Å². The summed E-state index contributed by atoms with van der Waals surface area (Å²) in [6.07, 6.45) is 4.14. The summed E-state index contributed by atoms with van der Waals surface area (Å²) in [6, 6.07) is 0. The van der Waals surface area contributed by atoms with Crippen molar-refractivity contribution in [3.8, 4) is 5.88 Å². The van der Waals surface area contributed by atoms with E-state index in [-0.39, 0.29) is 0 Å². The molecule has 0 saturated carbocycles. The SMILES string of the molecule is CCNc1ncnc(OCCN2CCCC2)c1Br. The molecule has 0 aromatic carbocycles. The largest absolute Gasteiger partial charge is 0.475 e. The summed E-state index contributed by atoms with van der Waals surface area (Å²) in [5.41, 5.74) is 0. The number of anilines is 1. The van der Waals surface area contributed by atoms with Crippen molar-refractivity contribution in [2.75, 3.05) is 38.1 Å². The summed E-state index contributed by atoms with van der Waals surface area (Å²) in [4.78, 5) is 10.7. The number of hydrogen-bond acceptors (Lipinski definition) is 5. The molecule has 1 aliphatic rings. The average Bonchev–Trinajstić information content (AvgIpc) is 2.87. The van der Waals surface area contributed by atoms with Crippen LogP contribution in [0.5, 0.6) is 5.88 Å². The zero-order valence-electron chi connectivity index (χ0n) is 10.7. The lowest BCUT2D eigenvalue weighted by molar-refractivity contribution is 0.231. The molecule has 5 nitrogen and oxygen atoms in total. The summed E-state index contributed by atoms with van der Waals surface area (Å²) >= 11 is 3.47. The first-order chi connectivity index (χ1) is 8.81. The van der Waals surface area contributed by atoms with Crippen LogP contribution in [-0.4, -0.2) is 47.7 Å². The first kappa shape index (κ1) is 13.5. The third kappa shape index (κ3) is 3.55. The van der Waals surface area contributed by atoms with Crippen LogP contribution in [-0.2, 0) is 0 Å². The van der Waals surface area contributed by atoms with Gasteiger partial charge in [0.1, 0.15) is 23.2 Å². The first-order valence-corrected chi connectivity index (χ1v) is 7.20. The van der Waals surface area contributed by atoms with E-state index in [1.165, 1.54) is 32.3 Å². The minimum absolute atomic E-state index is 0.611. The molecule has 0 atom stereocenters. The second-order valence-electron chi connectivity index (χ2n) is 4.27. The fourth-order valence-electron chi connectivity index (χ4n) is 2.02. The zero-order valence-corrected chi connectivity index (χ0v) is 12.2. The summed E-state index contributed by atoms with van der Waals surface area (Å²) < 4.78 is 6.51. The summed E-state index contributed by atoms with van der Waals surface area (Å²) in [7, 11) is 0. The third-order valence-corrected chi connectivity index (χ3v) is 3.66. The van der Waals surface area contributed by atoms with Crippen LogP contribution in [0.2, 0.25) is 0 Å². The number of nitrogens with zero attached hydrogens (tertiary/aromatic N) is 3. The molecular formula is C12H19BrN4O. The maximum absolute atomic E-state index is 5.71. The monoisotopic (exact) mass is 314 g/mol. The molecule has 1 N–H and O–H groups in total. The lowest BCUT2D eigenvalue weighted by Crippen LogP contribution is -2.25. The minimum Gasteiger partial charge on any atom is -0.475 e. The van der Waals surface area contributed by atoms with E-state index in [1.807, 2.05) is 6.92 Å². The fraction of sp³-hybridized carbons (Fsp3) is 0.667. The summed E-state index contributed by atoms with van der Waals surface area (Å²) in [5, 5.41) is 3.16. The molecule has 1 fully saturated rings. The van der Waals surface area contributed by atoms with E-state index in [9.17, 15) is 0 Å². The molecule has 2 rings (SSSR count). The van der Waals surface area contributed by atoms with Crippen LogP contribution < -0.4 is 10.1 Å². The van der Waals surface area contributed by atoms with Crippen molar-refractivity contribution < 1.29 is 4.74 Å². The van der Waals surface area contributed by atoms with Gasteiger partial charge < -0.3 is 10.1 Å². The van der Waals surface area contributed by atoms with Crippen molar-refractivity contribution in [1.82, 2.24) is 14.9 Å². The highest BCUT2D eigenvalue weighted by molar-refractivity contribution is 9.10. The molecule has 0 aliphatic carbocycles. The molecular weight excluding hydrogens is 296 g/mol. The topological polar surface area (TPSA) is 50.3 Å². The number of ether oxygens (including phenoxy) is 1. The lowest BCUT2D eigenvalue weighted by atomic mass is 10.4. The maximum atomic E-state index is 5.71. The molecule has 1 aromatic rings. The van der Waals surface area contributed by atoms with E-state index in [2.05, 4.69) is 36.1 Å². The van der Waals surface area contributed by atoms with E-state index >= 15 is 0 Å². The Hall–Kier alpha value is -0.880. The predicted molar refractivity (Wildman–Crippen MR) is 75.1 cm³/mol. The van der Waals surface area contributed by atoms with Gasteiger partial charge in [-0.3, -0.25) is 4.90 Å². The highest BCUT2D eigenvalue weighted by atomic mass is 79.9. The number of likely N-dealkylation sites (tertiary alicyclic amines) is 1. The van der Waals surface area contributed by atoms with Gasteiger partial charge in [-0.05, 0) is 48.8 Å². The number of hydrogen-bond donors (Lipinski definition) is 1. The van der Waals surface area contributed by atoms with Crippen molar-refractivity contribution in [2.24, 2.45) is 0 Å². The van der Waals surface area contributed by atoms with Gasteiger partial charge in [-0.1, -0.05) is 0 Å². The zero-order chi connectivity index (χ0) is 12.8. The van der Waals surface area contributed by atoms with Gasteiger partial charge in [-0.15, -0.1) is 0 Å². The second-order valence-corrected chi connectivity index (χ2v) is 5.06. The summed E-state index contributed by atoms with van der Waals surface area (Å²) in [6.45, 7) is 6.87. The van der Waals surface area contributed by atoms with Crippen molar-refractivity contribution in [3.63, 3.8) is 0 Å². The number of nitrogens with one attached hydrogen (secondary N) is 1. The molecule has 100 valence electrons. The highest BCUT2D eigenvalue weighted by Crippen LogP contribution is 2.28. The molecule has 0 spiro atoms. The Balaban J connectivity index is 1.86. The molecule has 0 radical (unpaired) electrons. The number of halogens is 1. The van der Waals surface area contributed by atoms with E-state index in [4.69, 9.17) is 4.74 Å². The number of rotatable bonds is 6. The second kappa shape index (κ2) is 6.89. The molecule has 2 heterocycles. The molecule has 0 unspecified atom stereocenters. The van der Waals surface area contributed by atoms with E-state index in [0.29, 0.717) is 12.5 Å². The normalized spacial score (nSPS) is 15.9. The van der Waals surface area contributed by atoms with Gasteiger partial charge in [0.25, 0.3) is 0 Å². The van der Waals surface area contributed by atoms with Gasteiger partial charge in [-0.25, -0.2) is 9.97 Å². The van der Waals surface area contributed by atoms with Crippen LogP contribution in [0.4, 0.5) is 5.82 Å². The maximum Gasteiger partial charge on any atom is 0.233 e. The molecule has 18 heavy (non-hydrogen) atoms. The Morgan fingerprint density at radius 3 is 2.89 bits per heavy atom. The smallest absolute Gasteiger partial charge is 0.233 e. The van der Waals surface area contributed by atoms with Crippen LogP contribution in [0.15, 0.2) is 10.8 Å². The van der Waals surface area contributed by atoms with Crippen molar-refractivity contribution >= 4 is 21.7 Å². The van der Waals surface area contributed by atoms with Gasteiger partial charge in [0.2, 0.25) is 5.88 Å². The van der Waals surface area contributed by atoms with Gasteiger partial charge in [0.05, 0.1) is 0 Å². The third-order valence-electron chi connectivity index (χ3n) is 2.95. The Labute approximate surface area is 116 Å². The van der Waals surface area contributed by atoms with Gasteiger partial charge in [-0.2, -0.15) is 0 Å². The van der Waals surface area contributed by atoms with E-state index < -0.39 is 0 Å². The van der Waals surface area contributed by atoms with Crippen molar-refractivity contribution in [1.29, 1.82) is 0 Å². The molecule has 6 heteroatoms. The highest BCUT2D eigenvalue weighted by Gasteiger charge is 2.13. The van der Waals surface area contributed by atoms with Gasteiger partial charge in [0.15, 0.2) is 0 Å².